The van der Waals surface area contributed by atoms with Crippen LogP contribution in [0.1, 0.15) is 36.0 Å². The van der Waals surface area contributed by atoms with E-state index in [1.807, 2.05) is 37.3 Å². The van der Waals surface area contributed by atoms with Crippen LogP contribution in [0.25, 0.3) is 11.0 Å². The molecule has 0 fully saturated rings. The molecule has 0 aliphatic rings. The van der Waals surface area contributed by atoms with E-state index in [0.717, 1.165) is 16.7 Å². The normalized spacial score (nSPS) is 12.3. The van der Waals surface area contributed by atoms with Crippen LogP contribution < -0.4 is 5.32 Å². The van der Waals surface area contributed by atoms with Crippen LogP contribution in [0.5, 0.6) is 0 Å². The lowest BCUT2D eigenvalue weighted by molar-refractivity contribution is 0.101. The lowest BCUT2D eigenvalue weighted by Gasteiger charge is -2.15. The molecule has 1 unspecified atom stereocenters. The predicted molar refractivity (Wildman–Crippen MR) is 84.7 cm³/mol. The number of anilines is 1. The van der Waals surface area contributed by atoms with Crippen LogP contribution in [0, 0.1) is 5.82 Å². The number of hydrogen-bond acceptors (Lipinski definition) is 3. The Morgan fingerprint density at radius 1 is 1.18 bits per heavy atom. The third kappa shape index (κ3) is 2.60. The average molecular weight is 297 g/mol. The van der Waals surface area contributed by atoms with Gasteiger partial charge in [0.05, 0.1) is 11.6 Å². The highest BCUT2D eigenvalue weighted by atomic mass is 19.1. The van der Waals surface area contributed by atoms with Crippen LogP contribution in [0.4, 0.5) is 10.1 Å². The molecule has 0 radical (unpaired) electrons. The van der Waals surface area contributed by atoms with Crippen molar-refractivity contribution in [1.29, 1.82) is 0 Å². The number of benzene rings is 2. The van der Waals surface area contributed by atoms with Crippen molar-refractivity contribution in [2.45, 2.75) is 19.9 Å². The second-order valence-electron chi connectivity index (χ2n) is 5.27. The summed E-state index contributed by atoms with van der Waals surface area (Å²) in [6.07, 6.45) is 0. The maximum Gasteiger partial charge on any atom is 0.164 e. The quantitative estimate of drug-likeness (QED) is 0.693. The molecule has 2 aromatic carbocycles. The number of nitrogens with one attached hydrogen (secondary N) is 1. The van der Waals surface area contributed by atoms with Gasteiger partial charge < -0.3 is 9.73 Å². The van der Waals surface area contributed by atoms with Crippen molar-refractivity contribution >= 4 is 22.4 Å². The first kappa shape index (κ1) is 14.3. The molecule has 4 heteroatoms. The Morgan fingerprint density at radius 3 is 2.68 bits per heavy atom. The van der Waals surface area contributed by atoms with Gasteiger partial charge in [0.1, 0.15) is 17.2 Å². The Hall–Kier alpha value is -2.62. The summed E-state index contributed by atoms with van der Waals surface area (Å²) in [5.74, 6) is -0.0910. The molecule has 1 atom stereocenters. The van der Waals surface area contributed by atoms with Gasteiger partial charge in [-0.2, -0.15) is 0 Å². The maximum atomic E-state index is 13.8. The van der Waals surface area contributed by atoms with Crippen molar-refractivity contribution in [1.82, 2.24) is 0 Å². The zero-order valence-electron chi connectivity index (χ0n) is 12.4. The van der Waals surface area contributed by atoms with Gasteiger partial charge in [0.25, 0.3) is 0 Å². The first-order valence-electron chi connectivity index (χ1n) is 7.10. The number of ketones is 1. The van der Waals surface area contributed by atoms with E-state index in [9.17, 15) is 9.18 Å². The molecule has 0 aliphatic heterocycles. The summed E-state index contributed by atoms with van der Waals surface area (Å²) >= 11 is 0. The van der Waals surface area contributed by atoms with Crippen molar-refractivity contribution in [3.63, 3.8) is 0 Å². The van der Waals surface area contributed by atoms with Crippen molar-refractivity contribution in [3.8, 4) is 0 Å². The number of rotatable bonds is 4. The van der Waals surface area contributed by atoms with E-state index < -0.39 is 5.82 Å². The molecule has 0 saturated heterocycles. The van der Waals surface area contributed by atoms with Gasteiger partial charge in [-0.3, -0.25) is 4.79 Å². The highest BCUT2D eigenvalue weighted by Crippen LogP contribution is 2.28. The SMILES string of the molecule is CC(=O)c1c(F)cccc1NC(C)c1cc2ccccc2o1. The minimum atomic E-state index is -0.519. The zero-order chi connectivity index (χ0) is 15.7. The Balaban J connectivity index is 1.93. The molecule has 0 spiro atoms. The summed E-state index contributed by atoms with van der Waals surface area (Å²) in [6.45, 7) is 3.27. The number of halogens is 1. The van der Waals surface area contributed by atoms with E-state index in [1.165, 1.54) is 13.0 Å². The fraction of sp³-hybridized carbons (Fsp3) is 0.167. The van der Waals surface area contributed by atoms with Gasteiger partial charge in [-0.1, -0.05) is 24.3 Å². The minimum absolute atomic E-state index is 0.0745. The third-order valence-corrected chi connectivity index (χ3v) is 3.61. The van der Waals surface area contributed by atoms with E-state index in [1.54, 1.807) is 12.1 Å². The van der Waals surface area contributed by atoms with Gasteiger partial charge in [-0.15, -0.1) is 0 Å². The van der Waals surface area contributed by atoms with Crippen LogP contribution in [0.2, 0.25) is 0 Å². The lowest BCUT2D eigenvalue weighted by atomic mass is 10.1. The highest BCUT2D eigenvalue weighted by Gasteiger charge is 2.17. The Morgan fingerprint density at radius 2 is 1.95 bits per heavy atom. The second-order valence-corrected chi connectivity index (χ2v) is 5.27. The topological polar surface area (TPSA) is 42.2 Å². The summed E-state index contributed by atoms with van der Waals surface area (Å²) in [4.78, 5) is 11.6. The first-order valence-corrected chi connectivity index (χ1v) is 7.10. The third-order valence-electron chi connectivity index (χ3n) is 3.61. The van der Waals surface area contributed by atoms with E-state index in [-0.39, 0.29) is 17.4 Å². The monoisotopic (exact) mass is 297 g/mol. The molecule has 0 saturated carbocycles. The number of carbonyl (C=O) groups excluding carboxylic acids is 1. The van der Waals surface area contributed by atoms with Crippen molar-refractivity contribution in [2.75, 3.05) is 5.32 Å². The first-order chi connectivity index (χ1) is 10.6. The summed E-state index contributed by atoms with van der Waals surface area (Å²) in [6, 6.07) is 14.0. The fourth-order valence-corrected chi connectivity index (χ4v) is 2.52. The molecule has 0 bridgehead atoms. The molecule has 3 nitrogen and oxygen atoms in total. The summed E-state index contributed by atoms with van der Waals surface area (Å²) in [7, 11) is 0. The number of hydrogen-bond donors (Lipinski definition) is 1. The molecule has 22 heavy (non-hydrogen) atoms. The van der Waals surface area contributed by atoms with Crippen LogP contribution in [-0.4, -0.2) is 5.78 Å². The highest BCUT2D eigenvalue weighted by molar-refractivity contribution is 5.99. The summed E-state index contributed by atoms with van der Waals surface area (Å²) in [5.41, 5.74) is 1.35. The largest absolute Gasteiger partial charge is 0.459 e. The van der Waals surface area contributed by atoms with E-state index in [0.29, 0.717) is 5.69 Å². The molecule has 112 valence electrons. The van der Waals surface area contributed by atoms with Gasteiger partial charge in [-0.05, 0) is 38.1 Å². The predicted octanol–water partition coefficient (Wildman–Crippen LogP) is 4.95. The molecule has 1 heterocycles. The average Bonchev–Trinajstić information content (AvgIpc) is 2.91. The van der Waals surface area contributed by atoms with E-state index >= 15 is 0 Å². The molecule has 1 aromatic heterocycles. The van der Waals surface area contributed by atoms with Gasteiger partial charge in [0.2, 0.25) is 0 Å². The smallest absolute Gasteiger partial charge is 0.164 e. The standard InChI is InChI=1S/C18H16FNO2/c1-11(17-10-13-6-3-4-9-16(13)22-17)20-15-8-5-7-14(19)18(15)12(2)21/h3-11,20H,1-2H3. The fourth-order valence-electron chi connectivity index (χ4n) is 2.52. The molecule has 1 N–H and O–H groups in total. The zero-order valence-corrected chi connectivity index (χ0v) is 12.4. The molecule has 0 aliphatic carbocycles. The number of furan rings is 1. The number of carbonyl (C=O) groups is 1. The molecule has 0 amide bonds. The number of para-hydroxylation sites is 1. The van der Waals surface area contributed by atoms with Crippen LogP contribution >= 0.6 is 0 Å². The van der Waals surface area contributed by atoms with Gasteiger partial charge in [0, 0.05) is 11.1 Å². The summed E-state index contributed by atoms with van der Waals surface area (Å²) in [5, 5.41) is 4.17. The maximum absolute atomic E-state index is 13.8. The van der Waals surface area contributed by atoms with Crippen molar-refractivity contribution in [3.05, 3.63) is 65.7 Å². The van der Waals surface area contributed by atoms with Crippen molar-refractivity contribution < 1.29 is 13.6 Å². The second kappa shape index (κ2) is 5.64. The van der Waals surface area contributed by atoms with Gasteiger partial charge in [-0.25, -0.2) is 4.39 Å². The number of fused-ring (bicyclic) bond motifs is 1. The van der Waals surface area contributed by atoms with Crippen LogP contribution in [0.3, 0.4) is 0 Å². The lowest BCUT2D eigenvalue weighted by Crippen LogP contribution is -2.10. The molecule has 3 rings (SSSR count). The Kier molecular flexibility index (Phi) is 3.67. The van der Waals surface area contributed by atoms with Gasteiger partial charge in [0.15, 0.2) is 5.78 Å². The van der Waals surface area contributed by atoms with Crippen LogP contribution in [0.15, 0.2) is 52.9 Å². The van der Waals surface area contributed by atoms with Gasteiger partial charge >= 0.3 is 0 Å². The Labute approximate surface area is 127 Å². The summed E-state index contributed by atoms with van der Waals surface area (Å²) < 4.78 is 19.6. The molecule has 3 aromatic rings. The molecular formula is C18H16FNO2. The molecular weight excluding hydrogens is 281 g/mol. The minimum Gasteiger partial charge on any atom is -0.459 e. The number of Topliss-reactive ketones (excluding diaryl/α,β-unsaturated/α-hetero) is 1. The van der Waals surface area contributed by atoms with E-state index in [4.69, 9.17) is 4.42 Å². The van der Waals surface area contributed by atoms with Crippen LogP contribution in [-0.2, 0) is 0 Å². The van der Waals surface area contributed by atoms with E-state index in [2.05, 4.69) is 5.32 Å². The van der Waals surface area contributed by atoms with Crippen molar-refractivity contribution in [2.24, 2.45) is 0 Å². The Bertz CT molecular complexity index is 805.